The summed E-state index contributed by atoms with van der Waals surface area (Å²) in [5.74, 6) is 1.10. The molecule has 3 aromatic rings. The molecule has 0 aliphatic rings. The number of nitrogens with zero attached hydrogens (tertiary/aromatic N) is 5. The van der Waals surface area contributed by atoms with Crippen LogP contribution in [0, 0.1) is 0 Å². The summed E-state index contributed by atoms with van der Waals surface area (Å²) in [4.78, 5) is 23.7. The summed E-state index contributed by atoms with van der Waals surface area (Å²) in [6, 6.07) is 5.36. The first-order chi connectivity index (χ1) is 14.1. The quantitative estimate of drug-likeness (QED) is 0.522. The Kier molecular flexibility index (Phi) is 6.30. The highest BCUT2D eigenvalue weighted by atomic mass is 32.2. The molecule has 160 valence electrons. The van der Waals surface area contributed by atoms with Gasteiger partial charge < -0.3 is 15.5 Å². The minimum absolute atomic E-state index is 0.114. The number of aryl methyl sites for hydroxylation is 1. The van der Waals surface area contributed by atoms with Gasteiger partial charge >= 0.3 is 0 Å². The fraction of sp³-hybridized carbons (Fsp3) is 0.421. The van der Waals surface area contributed by atoms with E-state index in [2.05, 4.69) is 41.4 Å². The lowest BCUT2D eigenvalue weighted by Gasteiger charge is -2.13. The van der Waals surface area contributed by atoms with E-state index >= 15 is 0 Å². The molecule has 30 heavy (non-hydrogen) atoms. The van der Waals surface area contributed by atoms with E-state index in [0.717, 1.165) is 5.69 Å². The smallest absolute Gasteiger partial charge is 0.235 e. The van der Waals surface area contributed by atoms with E-state index in [1.54, 1.807) is 28.4 Å². The standard InChI is InChI=1S/C19H25N7O3S/c1-19(2,3)13-10-15(25(4)24-13)21-16(28)11-30-18-23-22-17(12-6-5-9-29-12)26(18)8-7-14(20)27/h5-6,9-10H,7-8,11H2,1-4H3,(H2,20,27)(H,21,28). The summed E-state index contributed by atoms with van der Waals surface area (Å²) in [5, 5.41) is 16.1. The number of amides is 2. The molecule has 0 aliphatic carbocycles. The fourth-order valence-corrected chi connectivity index (χ4v) is 3.43. The van der Waals surface area contributed by atoms with Gasteiger partial charge in [0.25, 0.3) is 0 Å². The highest BCUT2D eigenvalue weighted by Crippen LogP contribution is 2.26. The Morgan fingerprint density at radius 2 is 2.07 bits per heavy atom. The van der Waals surface area contributed by atoms with E-state index in [1.807, 2.05) is 6.07 Å². The number of thioether (sulfide) groups is 1. The lowest BCUT2D eigenvalue weighted by Crippen LogP contribution is -2.17. The molecule has 10 nitrogen and oxygen atoms in total. The van der Waals surface area contributed by atoms with Crippen LogP contribution in [0.15, 0.2) is 34.0 Å². The van der Waals surface area contributed by atoms with E-state index in [0.29, 0.717) is 29.1 Å². The van der Waals surface area contributed by atoms with Gasteiger partial charge in [-0.2, -0.15) is 5.10 Å². The summed E-state index contributed by atoms with van der Waals surface area (Å²) in [6.45, 7) is 6.48. The van der Waals surface area contributed by atoms with Crippen LogP contribution < -0.4 is 11.1 Å². The molecule has 0 saturated heterocycles. The van der Waals surface area contributed by atoms with Crippen LogP contribution in [0.4, 0.5) is 5.82 Å². The van der Waals surface area contributed by atoms with Crippen LogP contribution in [0.1, 0.15) is 32.9 Å². The first-order valence-electron chi connectivity index (χ1n) is 9.37. The van der Waals surface area contributed by atoms with Crippen molar-refractivity contribution in [1.29, 1.82) is 0 Å². The molecule has 0 bridgehead atoms. The molecular formula is C19H25N7O3S. The number of primary amides is 1. The Labute approximate surface area is 178 Å². The fourth-order valence-electron chi connectivity index (χ4n) is 2.67. The predicted molar refractivity (Wildman–Crippen MR) is 113 cm³/mol. The molecular weight excluding hydrogens is 406 g/mol. The van der Waals surface area contributed by atoms with Crippen LogP contribution in [-0.2, 0) is 28.6 Å². The van der Waals surface area contributed by atoms with Crippen LogP contribution >= 0.6 is 11.8 Å². The van der Waals surface area contributed by atoms with Crippen molar-refractivity contribution in [3.8, 4) is 11.6 Å². The number of hydrogen-bond acceptors (Lipinski definition) is 7. The third-order valence-corrected chi connectivity index (χ3v) is 5.26. The second-order valence-corrected chi connectivity index (χ2v) is 8.72. The van der Waals surface area contributed by atoms with Gasteiger partial charge in [-0.1, -0.05) is 32.5 Å². The number of anilines is 1. The number of furan rings is 1. The maximum atomic E-state index is 12.5. The highest BCUT2D eigenvalue weighted by Gasteiger charge is 2.21. The average Bonchev–Trinajstić information content (AvgIpc) is 3.38. The lowest BCUT2D eigenvalue weighted by molar-refractivity contribution is -0.118. The van der Waals surface area contributed by atoms with Crippen molar-refractivity contribution < 1.29 is 14.0 Å². The van der Waals surface area contributed by atoms with Crippen molar-refractivity contribution in [1.82, 2.24) is 24.5 Å². The van der Waals surface area contributed by atoms with E-state index in [4.69, 9.17) is 10.2 Å². The second-order valence-electron chi connectivity index (χ2n) is 7.78. The summed E-state index contributed by atoms with van der Waals surface area (Å²) >= 11 is 1.22. The zero-order valence-electron chi connectivity index (χ0n) is 17.4. The normalized spacial score (nSPS) is 11.6. The molecule has 2 amide bonds. The Morgan fingerprint density at radius 3 is 2.67 bits per heavy atom. The van der Waals surface area contributed by atoms with Gasteiger partial charge in [-0.25, -0.2) is 0 Å². The van der Waals surface area contributed by atoms with Gasteiger partial charge in [-0.15, -0.1) is 10.2 Å². The van der Waals surface area contributed by atoms with E-state index in [9.17, 15) is 9.59 Å². The Balaban J connectivity index is 1.70. The Hall–Kier alpha value is -3.08. The molecule has 0 aromatic carbocycles. The third kappa shape index (κ3) is 5.09. The van der Waals surface area contributed by atoms with Gasteiger partial charge in [-0.3, -0.25) is 18.8 Å². The minimum Gasteiger partial charge on any atom is -0.461 e. The Morgan fingerprint density at radius 1 is 1.30 bits per heavy atom. The summed E-state index contributed by atoms with van der Waals surface area (Å²) in [7, 11) is 1.79. The van der Waals surface area contributed by atoms with Crippen LogP contribution in [-0.4, -0.2) is 42.1 Å². The SMILES string of the molecule is Cn1nc(C(C)(C)C)cc1NC(=O)CSc1nnc(-c2ccco2)n1CCC(N)=O. The zero-order chi connectivity index (χ0) is 21.9. The first-order valence-corrected chi connectivity index (χ1v) is 10.4. The molecule has 3 aromatic heterocycles. The molecule has 0 saturated carbocycles. The topological polar surface area (TPSA) is 134 Å². The van der Waals surface area contributed by atoms with E-state index < -0.39 is 5.91 Å². The van der Waals surface area contributed by atoms with Crippen molar-refractivity contribution in [3.05, 3.63) is 30.2 Å². The van der Waals surface area contributed by atoms with Crippen molar-refractivity contribution in [2.24, 2.45) is 12.8 Å². The largest absolute Gasteiger partial charge is 0.461 e. The molecule has 0 unspecified atom stereocenters. The number of rotatable bonds is 8. The number of carbonyl (C=O) groups excluding carboxylic acids is 2. The minimum atomic E-state index is -0.436. The number of nitrogens with one attached hydrogen (secondary N) is 1. The number of carbonyl (C=O) groups is 2. The molecule has 0 fully saturated rings. The van der Waals surface area contributed by atoms with Gasteiger partial charge in [0.15, 0.2) is 16.7 Å². The Bertz CT molecular complexity index is 1030. The van der Waals surface area contributed by atoms with Gasteiger partial charge in [0.05, 0.1) is 17.7 Å². The lowest BCUT2D eigenvalue weighted by atomic mass is 9.92. The molecule has 3 rings (SSSR count). The monoisotopic (exact) mass is 431 g/mol. The number of aromatic nitrogens is 5. The number of hydrogen-bond donors (Lipinski definition) is 2. The van der Waals surface area contributed by atoms with Gasteiger partial charge in [0.2, 0.25) is 11.8 Å². The van der Waals surface area contributed by atoms with Gasteiger partial charge in [0.1, 0.15) is 5.82 Å². The average molecular weight is 432 g/mol. The van der Waals surface area contributed by atoms with Crippen LogP contribution in [0.5, 0.6) is 0 Å². The maximum Gasteiger partial charge on any atom is 0.235 e. The van der Waals surface area contributed by atoms with Crippen molar-refractivity contribution >= 4 is 29.4 Å². The van der Waals surface area contributed by atoms with Crippen molar-refractivity contribution in [2.75, 3.05) is 11.1 Å². The van der Waals surface area contributed by atoms with Crippen molar-refractivity contribution in [3.63, 3.8) is 0 Å². The molecule has 0 radical (unpaired) electrons. The van der Waals surface area contributed by atoms with E-state index in [1.165, 1.54) is 18.0 Å². The zero-order valence-corrected chi connectivity index (χ0v) is 18.2. The highest BCUT2D eigenvalue weighted by molar-refractivity contribution is 7.99. The molecule has 11 heteroatoms. The summed E-state index contributed by atoms with van der Waals surface area (Å²) in [6.07, 6.45) is 1.65. The van der Waals surface area contributed by atoms with Gasteiger partial charge in [0, 0.05) is 31.5 Å². The number of nitrogens with two attached hydrogens (primary N) is 1. The molecule has 0 atom stereocenters. The van der Waals surface area contributed by atoms with Crippen LogP contribution in [0.2, 0.25) is 0 Å². The molecule has 3 N–H and O–H groups in total. The predicted octanol–water partition coefficient (Wildman–Crippen LogP) is 2.18. The molecule has 0 spiro atoms. The van der Waals surface area contributed by atoms with Gasteiger partial charge in [-0.05, 0) is 12.1 Å². The van der Waals surface area contributed by atoms with Crippen molar-refractivity contribution in [2.45, 2.75) is 44.3 Å². The first kappa shape index (κ1) is 21.6. The summed E-state index contributed by atoms with van der Waals surface area (Å²) < 4.78 is 8.76. The second kappa shape index (κ2) is 8.74. The van der Waals surface area contributed by atoms with Crippen LogP contribution in [0.25, 0.3) is 11.6 Å². The van der Waals surface area contributed by atoms with E-state index in [-0.39, 0.29) is 23.5 Å². The van der Waals surface area contributed by atoms with Crippen LogP contribution in [0.3, 0.4) is 0 Å². The maximum absolute atomic E-state index is 12.5. The summed E-state index contributed by atoms with van der Waals surface area (Å²) in [5.41, 5.74) is 6.06. The molecule has 0 aliphatic heterocycles. The third-order valence-electron chi connectivity index (χ3n) is 4.29. The molecule has 3 heterocycles.